The summed E-state index contributed by atoms with van der Waals surface area (Å²) >= 11 is 0. The summed E-state index contributed by atoms with van der Waals surface area (Å²) in [6.45, 7) is 5.75. The van der Waals surface area contributed by atoms with Gasteiger partial charge < -0.3 is 10.1 Å². The Kier molecular flexibility index (Phi) is 5.43. The molecule has 2 aliphatic carbocycles. The third kappa shape index (κ3) is 4.21. The number of amides is 1. The summed E-state index contributed by atoms with van der Waals surface area (Å²) in [5.74, 6) is 1.44. The Morgan fingerprint density at radius 2 is 1.97 bits per heavy atom. The van der Waals surface area contributed by atoms with Gasteiger partial charge in [-0.3, -0.25) is 4.79 Å². The second-order valence-corrected chi connectivity index (χ2v) is 8.66. The molecule has 0 aliphatic heterocycles. The summed E-state index contributed by atoms with van der Waals surface area (Å²) < 4.78 is 7.04. The molecule has 0 saturated heterocycles. The maximum atomic E-state index is 12.3. The average molecular weight is 396 g/mol. The van der Waals surface area contributed by atoms with Crippen molar-refractivity contribution >= 4 is 11.9 Å². The number of carbonyl (C=O) groups is 2. The van der Waals surface area contributed by atoms with Crippen LogP contribution in [0, 0.1) is 31.6 Å². The van der Waals surface area contributed by atoms with Gasteiger partial charge in [0, 0.05) is 11.7 Å². The Morgan fingerprint density at radius 3 is 2.55 bits per heavy atom. The van der Waals surface area contributed by atoms with Crippen LogP contribution in [-0.4, -0.2) is 34.3 Å². The lowest BCUT2D eigenvalue weighted by atomic mass is 9.84. The quantitative estimate of drug-likeness (QED) is 0.759. The van der Waals surface area contributed by atoms with Gasteiger partial charge in [0.2, 0.25) is 0 Å². The molecule has 4 rings (SSSR count). The highest BCUT2D eigenvalue weighted by atomic mass is 16.5. The van der Waals surface area contributed by atoms with E-state index in [4.69, 9.17) is 4.74 Å². The van der Waals surface area contributed by atoms with Crippen molar-refractivity contribution in [1.29, 1.82) is 0 Å². The molecular formula is C23H29N3O3. The average Bonchev–Trinajstić information content (AvgIpc) is 3.42. The Bertz CT molecular complexity index is 903. The lowest BCUT2D eigenvalue weighted by molar-refractivity contribution is -0.125. The number of esters is 1. The number of hydrogen-bond acceptors (Lipinski definition) is 4. The summed E-state index contributed by atoms with van der Waals surface area (Å²) in [4.78, 5) is 24.5. The van der Waals surface area contributed by atoms with Gasteiger partial charge in [-0.1, -0.05) is 6.42 Å². The number of benzene rings is 1. The monoisotopic (exact) mass is 395 g/mol. The van der Waals surface area contributed by atoms with E-state index in [2.05, 4.69) is 17.3 Å². The van der Waals surface area contributed by atoms with E-state index in [1.165, 1.54) is 25.7 Å². The molecule has 6 heteroatoms. The zero-order valence-electron chi connectivity index (χ0n) is 17.4. The van der Waals surface area contributed by atoms with Gasteiger partial charge in [0.1, 0.15) is 0 Å². The molecule has 1 amide bonds. The van der Waals surface area contributed by atoms with Crippen LogP contribution in [0.25, 0.3) is 5.69 Å². The molecule has 4 unspecified atom stereocenters. The molecule has 2 aromatic rings. The third-order valence-corrected chi connectivity index (χ3v) is 6.52. The first-order chi connectivity index (χ1) is 13.9. The number of aromatic nitrogens is 2. The van der Waals surface area contributed by atoms with E-state index in [-0.39, 0.29) is 18.6 Å². The van der Waals surface area contributed by atoms with Crippen molar-refractivity contribution in [3.8, 4) is 5.69 Å². The van der Waals surface area contributed by atoms with E-state index in [1.54, 1.807) is 12.1 Å². The zero-order chi connectivity index (χ0) is 20.5. The summed E-state index contributed by atoms with van der Waals surface area (Å²) in [5.41, 5.74) is 3.27. The first-order valence-electron chi connectivity index (χ1n) is 10.5. The molecule has 1 N–H and O–H groups in total. The molecule has 1 aromatic heterocycles. The summed E-state index contributed by atoms with van der Waals surface area (Å²) in [6, 6.07) is 9.18. The highest BCUT2D eigenvalue weighted by Gasteiger charge is 2.42. The highest BCUT2D eigenvalue weighted by molar-refractivity contribution is 5.91. The topological polar surface area (TPSA) is 73.2 Å². The molecule has 2 aliphatic rings. The van der Waals surface area contributed by atoms with E-state index < -0.39 is 5.97 Å². The van der Waals surface area contributed by atoms with Gasteiger partial charge in [-0.25, -0.2) is 9.48 Å². The Hall–Kier alpha value is -2.63. The molecule has 154 valence electrons. The van der Waals surface area contributed by atoms with E-state index in [0.717, 1.165) is 28.9 Å². The summed E-state index contributed by atoms with van der Waals surface area (Å²) in [6.07, 6.45) is 5.16. The summed E-state index contributed by atoms with van der Waals surface area (Å²) in [5, 5.41) is 7.46. The SMILES string of the molecule is Cc1cc(C)n(-c2ccc(C(=O)OCC(=O)NC(C)C3CC4CCC3C4)cc2)n1. The molecule has 0 radical (unpaired) electrons. The fourth-order valence-electron chi connectivity index (χ4n) is 5.15. The molecule has 2 saturated carbocycles. The lowest BCUT2D eigenvalue weighted by Gasteiger charge is -2.28. The van der Waals surface area contributed by atoms with Crippen molar-refractivity contribution in [3.05, 3.63) is 47.3 Å². The number of fused-ring (bicyclic) bond motifs is 2. The van der Waals surface area contributed by atoms with Gasteiger partial charge in [0.15, 0.2) is 6.61 Å². The van der Waals surface area contributed by atoms with Gasteiger partial charge in [-0.2, -0.15) is 5.10 Å². The fraction of sp³-hybridized carbons (Fsp3) is 0.522. The van der Waals surface area contributed by atoms with E-state index >= 15 is 0 Å². The second kappa shape index (κ2) is 8.01. The molecule has 2 bridgehead atoms. The van der Waals surface area contributed by atoms with Crippen molar-refractivity contribution < 1.29 is 14.3 Å². The number of nitrogens with zero attached hydrogens (tertiary/aromatic N) is 2. The number of ether oxygens (including phenoxy) is 1. The number of hydrogen-bond donors (Lipinski definition) is 1. The van der Waals surface area contributed by atoms with Crippen molar-refractivity contribution in [2.45, 2.75) is 52.5 Å². The van der Waals surface area contributed by atoms with Crippen LogP contribution in [0.15, 0.2) is 30.3 Å². The molecule has 4 atom stereocenters. The smallest absolute Gasteiger partial charge is 0.338 e. The van der Waals surface area contributed by atoms with Crippen LogP contribution >= 0.6 is 0 Å². The van der Waals surface area contributed by atoms with Crippen LogP contribution in [0.3, 0.4) is 0 Å². The van der Waals surface area contributed by atoms with Gasteiger partial charge in [0.05, 0.1) is 16.9 Å². The van der Waals surface area contributed by atoms with Crippen molar-refractivity contribution in [1.82, 2.24) is 15.1 Å². The minimum Gasteiger partial charge on any atom is -0.452 e. The van der Waals surface area contributed by atoms with E-state index in [1.807, 2.05) is 36.7 Å². The molecule has 2 fully saturated rings. The molecule has 1 aromatic carbocycles. The maximum absolute atomic E-state index is 12.3. The third-order valence-electron chi connectivity index (χ3n) is 6.52. The van der Waals surface area contributed by atoms with Crippen LogP contribution in [0.2, 0.25) is 0 Å². The molecular weight excluding hydrogens is 366 g/mol. The summed E-state index contributed by atoms with van der Waals surface area (Å²) in [7, 11) is 0. The lowest BCUT2D eigenvalue weighted by Crippen LogP contribution is -2.42. The standard InChI is InChI=1S/C23H29N3O3/c1-14-10-15(2)26(25-14)20-8-6-18(7-9-20)23(28)29-13-22(27)24-16(3)21-12-17-4-5-19(21)11-17/h6-10,16-17,19,21H,4-5,11-13H2,1-3H3,(H,24,27). The van der Waals surface area contributed by atoms with Crippen LogP contribution in [0.1, 0.15) is 54.4 Å². The predicted molar refractivity (Wildman–Crippen MR) is 110 cm³/mol. The van der Waals surface area contributed by atoms with Gasteiger partial charge in [-0.05, 0) is 88.1 Å². The number of carbonyl (C=O) groups excluding carboxylic acids is 2. The largest absolute Gasteiger partial charge is 0.452 e. The number of aryl methyl sites for hydroxylation is 2. The van der Waals surface area contributed by atoms with Crippen molar-refractivity contribution in [2.24, 2.45) is 17.8 Å². The van der Waals surface area contributed by atoms with Gasteiger partial charge in [0.25, 0.3) is 5.91 Å². The fourth-order valence-corrected chi connectivity index (χ4v) is 5.15. The molecule has 29 heavy (non-hydrogen) atoms. The molecule has 6 nitrogen and oxygen atoms in total. The van der Waals surface area contributed by atoms with Crippen molar-refractivity contribution in [2.75, 3.05) is 6.61 Å². The highest BCUT2D eigenvalue weighted by Crippen LogP contribution is 2.49. The van der Waals surface area contributed by atoms with Crippen LogP contribution in [0.4, 0.5) is 0 Å². The Balaban J connectivity index is 1.28. The van der Waals surface area contributed by atoms with Crippen molar-refractivity contribution in [3.63, 3.8) is 0 Å². The Morgan fingerprint density at radius 1 is 1.21 bits per heavy atom. The second-order valence-electron chi connectivity index (χ2n) is 8.66. The van der Waals surface area contributed by atoms with Crippen LogP contribution < -0.4 is 5.32 Å². The first-order valence-corrected chi connectivity index (χ1v) is 10.5. The minimum atomic E-state index is -0.493. The van der Waals surface area contributed by atoms with Crippen LogP contribution in [-0.2, 0) is 9.53 Å². The molecule has 0 spiro atoms. The van der Waals surface area contributed by atoms with E-state index in [0.29, 0.717) is 11.5 Å². The number of nitrogens with one attached hydrogen (secondary N) is 1. The molecule has 1 heterocycles. The van der Waals surface area contributed by atoms with Gasteiger partial charge in [-0.15, -0.1) is 0 Å². The predicted octanol–water partition coefficient (Wildman–Crippen LogP) is 3.59. The minimum absolute atomic E-state index is 0.136. The zero-order valence-corrected chi connectivity index (χ0v) is 17.4. The first kappa shape index (κ1) is 19.7. The Labute approximate surface area is 171 Å². The normalized spacial score (nSPS) is 23.8. The maximum Gasteiger partial charge on any atom is 0.338 e. The van der Waals surface area contributed by atoms with E-state index in [9.17, 15) is 9.59 Å². The van der Waals surface area contributed by atoms with Gasteiger partial charge >= 0.3 is 5.97 Å². The number of rotatable bonds is 6. The van der Waals surface area contributed by atoms with Crippen LogP contribution in [0.5, 0.6) is 0 Å².